The van der Waals surface area contributed by atoms with Gasteiger partial charge in [-0.3, -0.25) is 4.79 Å². The Morgan fingerprint density at radius 3 is 2.67 bits per heavy atom. The summed E-state index contributed by atoms with van der Waals surface area (Å²) in [7, 11) is 0. The van der Waals surface area contributed by atoms with E-state index in [9.17, 15) is 4.79 Å². The van der Waals surface area contributed by atoms with Crippen LogP contribution < -0.4 is 15.9 Å². The third kappa shape index (κ3) is 4.94. The molecule has 3 rings (SSSR count). The van der Waals surface area contributed by atoms with Crippen molar-refractivity contribution in [2.75, 3.05) is 12.4 Å². The number of amides is 1. The summed E-state index contributed by atoms with van der Waals surface area (Å²) in [5.41, 5.74) is 0.847. The lowest BCUT2D eigenvalue weighted by molar-refractivity contribution is -0.121. The molecular formula is C19H27N5O2S. The average molecular weight is 390 g/mol. The molecule has 27 heavy (non-hydrogen) atoms. The van der Waals surface area contributed by atoms with Crippen molar-refractivity contribution in [1.82, 2.24) is 20.2 Å². The molecule has 1 atom stereocenters. The molecule has 1 fully saturated rings. The summed E-state index contributed by atoms with van der Waals surface area (Å²) in [5, 5.41) is 11.7. The van der Waals surface area contributed by atoms with Crippen LogP contribution in [0.3, 0.4) is 0 Å². The smallest absolute Gasteiger partial charge is 0.233 e. The number of nitrogens with two attached hydrogens (primary N) is 1. The van der Waals surface area contributed by atoms with Crippen LogP contribution >= 0.6 is 11.8 Å². The summed E-state index contributed by atoms with van der Waals surface area (Å²) >= 11 is 1.32. The molecule has 1 amide bonds. The van der Waals surface area contributed by atoms with E-state index in [-0.39, 0.29) is 11.2 Å². The zero-order valence-electron chi connectivity index (χ0n) is 15.9. The number of ether oxygens (including phenoxy) is 1. The Balaban J connectivity index is 1.63. The minimum atomic E-state index is -0.286. The minimum Gasteiger partial charge on any atom is -0.494 e. The number of carbonyl (C=O) groups excluding carboxylic acids is 1. The highest BCUT2D eigenvalue weighted by Crippen LogP contribution is 2.26. The summed E-state index contributed by atoms with van der Waals surface area (Å²) in [6.45, 7) is 4.43. The largest absolute Gasteiger partial charge is 0.494 e. The summed E-state index contributed by atoms with van der Waals surface area (Å²) in [5.74, 6) is 7.55. The summed E-state index contributed by atoms with van der Waals surface area (Å²) in [6, 6.07) is 7.84. The highest BCUT2D eigenvalue weighted by Gasteiger charge is 2.23. The average Bonchev–Trinajstić information content (AvgIpc) is 3.04. The van der Waals surface area contributed by atoms with Gasteiger partial charge < -0.3 is 15.9 Å². The van der Waals surface area contributed by atoms with Gasteiger partial charge in [-0.25, -0.2) is 4.68 Å². The fourth-order valence-electron chi connectivity index (χ4n) is 3.20. The molecule has 0 bridgehead atoms. The van der Waals surface area contributed by atoms with Crippen LogP contribution in [0.2, 0.25) is 0 Å². The second kappa shape index (κ2) is 9.12. The van der Waals surface area contributed by atoms with Crippen molar-refractivity contribution in [3.63, 3.8) is 0 Å². The zero-order chi connectivity index (χ0) is 19.2. The lowest BCUT2D eigenvalue weighted by Gasteiger charge is -2.24. The Bertz CT molecular complexity index is 756. The van der Waals surface area contributed by atoms with Crippen LogP contribution in [0.1, 0.15) is 46.0 Å². The number of nitrogen functional groups attached to an aromatic ring is 1. The van der Waals surface area contributed by atoms with E-state index in [1.54, 1.807) is 0 Å². The summed E-state index contributed by atoms with van der Waals surface area (Å²) in [4.78, 5) is 12.5. The van der Waals surface area contributed by atoms with Gasteiger partial charge >= 0.3 is 0 Å². The highest BCUT2D eigenvalue weighted by atomic mass is 32.2. The Morgan fingerprint density at radius 1 is 1.30 bits per heavy atom. The number of nitrogens with one attached hydrogen (secondary N) is 1. The zero-order valence-corrected chi connectivity index (χ0v) is 16.7. The van der Waals surface area contributed by atoms with E-state index in [0.717, 1.165) is 24.2 Å². The molecule has 1 unspecified atom stereocenters. The van der Waals surface area contributed by atoms with Crippen LogP contribution in [0.5, 0.6) is 5.75 Å². The van der Waals surface area contributed by atoms with Crippen molar-refractivity contribution >= 4 is 17.7 Å². The Morgan fingerprint density at radius 2 is 2.00 bits per heavy atom. The predicted octanol–water partition coefficient (Wildman–Crippen LogP) is 2.99. The van der Waals surface area contributed by atoms with Gasteiger partial charge in [0.2, 0.25) is 11.1 Å². The van der Waals surface area contributed by atoms with Crippen LogP contribution in [0, 0.1) is 0 Å². The van der Waals surface area contributed by atoms with Crippen molar-refractivity contribution in [1.29, 1.82) is 0 Å². The van der Waals surface area contributed by atoms with Gasteiger partial charge in [-0.05, 0) is 51.0 Å². The number of thioether (sulfide) groups is 1. The van der Waals surface area contributed by atoms with E-state index >= 15 is 0 Å². The number of aromatic nitrogens is 3. The SMILES string of the molecule is CCOc1ccc(-c2nnc(SC(C)C(=O)NC3CCCCC3)n2N)cc1. The van der Waals surface area contributed by atoms with Crippen LogP contribution in [0.4, 0.5) is 0 Å². The van der Waals surface area contributed by atoms with E-state index in [1.807, 2.05) is 38.1 Å². The van der Waals surface area contributed by atoms with Gasteiger partial charge in [-0.1, -0.05) is 31.0 Å². The molecule has 1 aliphatic rings. The van der Waals surface area contributed by atoms with E-state index in [2.05, 4.69) is 15.5 Å². The third-order valence-electron chi connectivity index (χ3n) is 4.69. The van der Waals surface area contributed by atoms with Crippen LogP contribution in [0.15, 0.2) is 29.4 Å². The lowest BCUT2D eigenvalue weighted by Crippen LogP contribution is -2.40. The molecule has 0 saturated heterocycles. The molecule has 1 heterocycles. The van der Waals surface area contributed by atoms with Gasteiger partial charge in [-0.2, -0.15) is 0 Å². The molecule has 1 aromatic carbocycles. The second-order valence-corrected chi connectivity index (χ2v) is 8.05. The highest BCUT2D eigenvalue weighted by molar-refractivity contribution is 8.00. The normalized spacial score (nSPS) is 16.1. The topological polar surface area (TPSA) is 95.1 Å². The fourth-order valence-corrected chi connectivity index (χ4v) is 3.98. The molecule has 0 radical (unpaired) electrons. The van der Waals surface area contributed by atoms with Gasteiger partial charge in [0.1, 0.15) is 5.75 Å². The first kappa shape index (κ1) is 19.5. The van der Waals surface area contributed by atoms with E-state index in [1.165, 1.54) is 35.7 Å². The maximum absolute atomic E-state index is 12.5. The van der Waals surface area contributed by atoms with Crippen LogP contribution in [-0.4, -0.2) is 38.7 Å². The molecule has 7 nitrogen and oxygen atoms in total. The number of hydrogen-bond donors (Lipinski definition) is 2. The number of benzene rings is 1. The van der Waals surface area contributed by atoms with Crippen molar-refractivity contribution < 1.29 is 9.53 Å². The predicted molar refractivity (Wildman–Crippen MR) is 107 cm³/mol. The first-order valence-electron chi connectivity index (χ1n) is 9.49. The van der Waals surface area contributed by atoms with Gasteiger partial charge in [0.05, 0.1) is 11.9 Å². The van der Waals surface area contributed by atoms with Crippen LogP contribution in [-0.2, 0) is 4.79 Å². The summed E-state index contributed by atoms with van der Waals surface area (Å²) < 4.78 is 6.89. The number of hydrogen-bond acceptors (Lipinski definition) is 6. The second-order valence-electron chi connectivity index (χ2n) is 6.74. The van der Waals surface area contributed by atoms with Crippen molar-refractivity contribution in [2.45, 2.75) is 62.4 Å². The molecule has 0 aliphatic heterocycles. The van der Waals surface area contributed by atoms with Crippen molar-refractivity contribution in [3.8, 4) is 17.1 Å². The Kier molecular flexibility index (Phi) is 6.60. The first-order valence-corrected chi connectivity index (χ1v) is 10.4. The monoisotopic (exact) mass is 389 g/mol. The van der Waals surface area contributed by atoms with Crippen molar-refractivity contribution in [2.24, 2.45) is 0 Å². The molecule has 1 aromatic heterocycles. The molecule has 146 valence electrons. The molecule has 0 spiro atoms. The molecule has 1 aliphatic carbocycles. The number of rotatable bonds is 7. The standard InChI is InChI=1S/C19H27N5O2S/c1-3-26-16-11-9-14(10-12-16)17-22-23-19(24(17)20)27-13(2)18(25)21-15-7-5-4-6-8-15/h9-13,15H,3-8,20H2,1-2H3,(H,21,25). The van der Waals surface area contributed by atoms with E-state index in [0.29, 0.717) is 23.6 Å². The van der Waals surface area contributed by atoms with Gasteiger partial charge in [-0.15, -0.1) is 10.2 Å². The Labute approximate surface area is 164 Å². The number of carbonyl (C=O) groups is 1. The maximum Gasteiger partial charge on any atom is 0.233 e. The molecular weight excluding hydrogens is 362 g/mol. The van der Waals surface area contributed by atoms with E-state index in [4.69, 9.17) is 10.6 Å². The fraction of sp³-hybridized carbons (Fsp3) is 0.526. The lowest BCUT2D eigenvalue weighted by atomic mass is 9.95. The molecule has 8 heteroatoms. The van der Waals surface area contributed by atoms with Gasteiger partial charge in [0, 0.05) is 11.6 Å². The molecule has 3 N–H and O–H groups in total. The first-order chi connectivity index (χ1) is 13.1. The third-order valence-corrected chi connectivity index (χ3v) is 5.75. The summed E-state index contributed by atoms with van der Waals surface area (Å²) in [6.07, 6.45) is 5.78. The molecule has 2 aromatic rings. The Hall–Kier alpha value is -2.22. The maximum atomic E-state index is 12.5. The minimum absolute atomic E-state index is 0.0255. The van der Waals surface area contributed by atoms with Crippen molar-refractivity contribution in [3.05, 3.63) is 24.3 Å². The van der Waals surface area contributed by atoms with E-state index < -0.39 is 0 Å². The van der Waals surface area contributed by atoms with Gasteiger partial charge in [0.25, 0.3) is 0 Å². The van der Waals surface area contributed by atoms with Crippen LogP contribution in [0.25, 0.3) is 11.4 Å². The molecule has 1 saturated carbocycles. The quantitative estimate of drug-likeness (QED) is 0.558. The number of nitrogens with zero attached hydrogens (tertiary/aromatic N) is 3. The van der Waals surface area contributed by atoms with Gasteiger partial charge in [0.15, 0.2) is 5.82 Å².